The molecule has 1 aromatic heterocycles. The molecule has 0 spiro atoms. The topological polar surface area (TPSA) is 48.5 Å². The van der Waals surface area contributed by atoms with Crippen molar-refractivity contribution in [3.8, 4) is 0 Å². The number of hydrogen-bond acceptors (Lipinski definition) is 4. The van der Waals surface area contributed by atoms with Gasteiger partial charge in [-0.3, -0.25) is 9.78 Å². The molecule has 5 nitrogen and oxygen atoms in total. The minimum atomic E-state index is 0.0765. The Bertz CT molecular complexity index is 453. The molecule has 104 valence electrons. The highest BCUT2D eigenvalue weighted by Crippen LogP contribution is 2.18. The third kappa shape index (κ3) is 3.04. The summed E-state index contributed by atoms with van der Waals surface area (Å²) < 4.78 is 0. The molecule has 5 heteroatoms. The van der Waals surface area contributed by atoms with Gasteiger partial charge in [-0.05, 0) is 19.5 Å². The van der Waals surface area contributed by atoms with E-state index in [1.807, 2.05) is 24.9 Å². The van der Waals surface area contributed by atoms with Gasteiger partial charge < -0.3 is 15.1 Å². The number of aromatic nitrogens is 1. The Morgan fingerprint density at radius 2 is 2.05 bits per heavy atom. The van der Waals surface area contributed by atoms with Crippen molar-refractivity contribution >= 4 is 11.6 Å². The molecule has 19 heavy (non-hydrogen) atoms. The van der Waals surface area contributed by atoms with Crippen LogP contribution in [0, 0.1) is 6.92 Å². The summed E-state index contributed by atoms with van der Waals surface area (Å²) in [7, 11) is 1.83. The summed E-state index contributed by atoms with van der Waals surface area (Å²) in [5, 5.41) is 3.08. The maximum atomic E-state index is 12.5. The van der Waals surface area contributed by atoms with Crippen LogP contribution in [0.15, 0.2) is 12.3 Å². The Balaban J connectivity index is 2.12. The maximum absolute atomic E-state index is 12.5. The second kappa shape index (κ2) is 6.02. The van der Waals surface area contributed by atoms with E-state index in [4.69, 9.17) is 0 Å². The lowest BCUT2D eigenvalue weighted by atomic mass is 10.1. The van der Waals surface area contributed by atoms with Crippen LogP contribution >= 0.6 is 0 Å². The van der Waals surface area contributed by atoms with Crippen LogP contribution in [0.25, 0.3) is 0 Å². The van der Waals surface area contributed by atoms with Crippen molar-refractivity contribution in [2.75, 3.05) is 45.1 Å². The van der Waals surface area contributed by atoms with E-state index in [9.17, 15) is 4.79 Å². The molecule has 0 saturated carbocycles. The van der Waals surface area contributed by atoms with Gasteiger partial charge in [-0.15, -0.1) is 0 Å². The van der Waals surface area contributed by atoms with Crippen LogP contribution in [0.3, 0.4) is 0 Å². The van der Waals surface area contributed by atoms with Crippen molar-refractivity contribution in [3.63, 3.8) is 0 Å². The zero-order valence-corrected chi connectivity index (χ0v) is 11.9. The predicted molar refractivity (Wildman–Crippen MR) is 76.5 cm³/mol. The van der Waals surface area contributed by atoms with E-state index >= 15 is 0 Å². The first-order valence-corrected chi connectivity index (χ1v) is 6.81. The Morgan fingerprint density at radius 3 is 2.63 bits per heavy atom. The number of aryl methyl sites for hydroxylation is 1. The molecule has 0 aromatic carbocycles. The van der Waals surface area contributed by atoms with E-state index in [2.05, 4.69) is 22.1 Å². The molecule has 1 aliphatic heterocycles. The lowest BCUT2D eigenvalue weighted by molar-refractivity contribution is 0.0644. The number of amides is 1. The Kier molecular flexibility index (Phi) is 4.37. The van der Waals surface area contributed by atoms with Gasteiger partial charge in [0, 0.05) is 45.1 Å². The first-order valence-electron chi connectivity index (χ1n) is 6.81. The summed E-state index contributed by atoms with van der Waals surface area (Å²) in [5.41, 5.74) is 2.44. The average Bonchev–Trinajstić information content (AvgIpc) is 2.46. The van der Waals surface area contributed by atoms with Crippen LogP contribution in [0.4, 0.5) is 5.69 Å². The van der Waals surface area contributed by atoms with Crippen LogP contribution in [-0.2, 0) is 0 Å². The molecule has 1 amide bonds. The molecule has 1 N–H and O–H groups in total. The van der Waals surface area contributed by atoms with E-state index in [-0.39, 0.29) is 5.91 Å². The summed E-state index contributed by atoms with van der Waals surface area (Å²) in [6.07, 6.45) is 1.68. The van der Waals surface area contributed by atoms with Crippen LogP contribution < -0.4 is 5.32 Å². The summed E-state index contributed by atoms with van der Waals surface area (Å²) in [5.74, 6) is 0.0765. The van der Waals surface area contributed by atoms with E-state index in [1.54, 1.807) is 6.20 Å². The summed E-state index contributed by atoms with van der Waals surface area (Å²) in [4.78, 5) is 21.0. The van der Waals surface area contributed by atoms with Gasteiger partial charge in [0.05, 0.1) is 11.3 Å². The highest BCUT2D eigenvalue weighted by Gasteiger charge is 2.23. The molecule has 0 atom stereocenters. The van der Waals surface area contributed by atoms with Crippen LogP contribution in [0.5, 0.6) is 0 Å². The smallest absolute Gasteiger partial charge is 0.257 e. The quantitative estimate of drug-likeness (QED) is 0.889. The molecule has 0 bridgehead atoms. The van der Waals surface area contributed by atoms with Gasteiger partial charge in [0.1, 0.15) is 0 Å². The van der Waals surface area contributed by atoms with Crippen LogP contribution in [-0.4, -0.2) is 60.5 Å². The highest BCUT2D eigenvalue weighted by molar-refractivity contribution is 5.99. The van der Waals surface area contributed by atoms with Gasteiger partial charge in [0.15, 0.2) is 0 Å². The normalized spacial score (nSPS) is 16.5. The molecule has 0 unspecified atom stereocenters. The number of carbonyl (C=O) groups is 1. The van der Waals surface area contributed by atoms with Crippen molar-refractivity contribution in [1.29, 1.82) is 0 Å². The number of likely N-dealkylation sites (N-methyl/N-ethyl adjacent to an activating group) is 1. The lowest BCUT2D eigenvalue weighted by Crippen LogP contribution is -2.48. The first kappa shape index (κ1) is 13.8. The van der Waals surface area contributed by atoms with Gasteiger partial charge in [-0.1, -0.05) is 6.92 Å². The van der Waals surface area contributed by atoms with E-state index < -0.39 is 0 Å². The van der Waals surface area contributed by atoms with Gasteiger partial charge in [-0.25, -0.2) is 0 Å². The molecular formula is C14H22N4O. The fraction of sp³-hybridized carbons (Fsp3) is 0.571. The van der Waals surface area contributed by atoms with E-state index in [0.29, 0.717) is 5.56 Å². The van der Waals surface area contributed by atoms with Crippen molar-refractivity contribution < 1.29 is 4.79 Å². The Labute approximate surface area is 114 Å². The van der Waals surface area contributed by atoms with Crippen molar-refractivity contribution in [1.82, 2.24) is 14.8 Å². The third-order valence-electron chi connectivity index (χ3n) is 3.65. The standard InChI is InChI=1S/C14H22N4O/c1-4-17-5-7-18(8-6-17)14(19)12-10-16-11(2)9-13(12)15-3/h9-10H,4-8H2,1-3H3,(H,15,16). The third-order valence-corrected chi connectivity index (χ3v) is 3.65. The van der Waals surface area contributed by atoms with Gasteiger partial charge in [-0.2, -0.15) is 0 Å². The molecule has 2 rings (SSSR count). The van der Waals surface area contributed by atoms with Gasteiger partial charge >= 0.3 is 0 Å². The van der Waals surface area contributed by atoms with Crippen molar-refractivity contribution in [2.24, 2.45) is 0 Å². The lowest BCUT2D eigenvalue weighted by Gasteiger charge is -2.34. The van der Waals surface area contributed by atoms with Crippen molar-refractivity contribution in [3.05, 3.63) is 23.5 Å². The number of pyridine rings is 1. The SMILES string of the molecule is CCN1CCN(C(=O)c2cnc(C)cc2NC)CC1. The second-order valence-corrected chi connectivity index (χ2v) is 4.85. The van der Waals surface area contributed by atoms with E-state index in [1.165, 1.54) is 0 Å². The van der Waals surface area contributed by atoms with Crippen molar-refractivity contribution in [2.45, 2.75) is 13.8 Å². The zero-order valence-electron chi connectivity index (χ0n) is 11.9. The summed E-state index contributed by atoms with van der Waals surface area (Å²) in [6.45, 7) is 8.63. The number of piperazine rings is 1. The van der Waals surface area contributed by atoms with Crippen LogP contribution in [0.1, 0.15) is 23.0 Å². The molecule has 1 saturated heterocycles. The van der Waals surface area contributed by atoms with E-state index in [0.717, 1.165) is 44.1 Å². The maximum Gasteiger partial charge on any atom is 0.257 e. The number of rotatable bonds is 3. The first-order chi connectivity index (χ1) is 9.15. The summed E-state index contributed by atoms with van der Waals surface area (Å²) in [6, 6.07) is 1.91. The van der Waals surface area contributed by atoms with Crippen LogP contribution in [0.2, 0.25) is 0 Å². The molecule has 1 aromatic rings. The second-order valence-electron chi connectivity index (χ2n) is 4.85. The van der Waals surface area contributed by atoms with Gasteiger partial charge in [0.25, 0.3) is 5.91 Å². The predicted octanol–water partition coefficient (Wildman–Crippen LogP) is 1.21. The molecular weight excluding hydrogens is 240 g/mol. The molecule has 0 aliphatic carbocycles. The minimum absolute atomic E-state index is 0.0765. The Morgan fingerprint density at radius 1 is 1.37 bits per heavy atom. The molecule has 1 aliphatic rings. The zero-order chi connectivity index (χ0) is 13.8. The highest BCUT2D eigenvalue weighted by atomic mass is 16.2. The number of hydrogen-bond donors (Lipinski definition) is 1. The number of carbonyl (C=O) groups excluding carboxylic acids is 1. The van der Waals surface area contributed by atoms with Gasteiger partial charge in [0.2, 0.25) is 0 Å². The molecule has 0 radical (unpaired) electrons. The number of nitrogens with zero attached hydrogens (tertiary/aromatic N) is 3. The average molecular weight is 262 g/mol. The Hall–Kier alpha value is -1.62. The number of anilines is 1. The number of nitrogens with one attached hydrogen (secondary N) is 1. The monoisotopic (exact) mass is 262 g/mol. The molecule has 1 fully saturated rings. The minimum Gasteiger partial charge on any atom is -0.387 e. The summed E-state index contributed by atoms with van der Waals surface area (Å²) >= 11 is 0. The largest absolute Gasteiger partial charge is 0.387 e. The fourth-order valence-electron chi connectivity index (χ4n) is 2.37. The fourth-order valence-corrected chi connectivity index (χ4v) is 2.37. The molecule has 2 heterocycles.